The summed E-state index contributed by atoms with van der Waals surface area (Å²) in [5, 5.41) is 11.6. The molecule has 0 spiro atoms. The smallest absolute Gasteiger partial charge is 0.0462 e. The molecule has 0 aliphatic carbocycles. The van der Waals surface area contributed by atoms with Crippen molar-refractivity contribution in [2.24, 2.45) is 0 Å². The number of thiophene rings is 1. The fourth-order valence-corrected chi connectivity index (χ4v) is 7.76. The number of hydrogen-bond donors (Lipinski definition) is 0. The maximum absolute atomic E-state index is 2.31. The lowest BCUT2D eigenvalue weighted by molar-refractivity contribution is 1.91. The van der Waals surface area contributed by atoms with Gasteiger partial charge in [-0.1, -0.05) is 44.9 Å². The molecular formula is C20H8S3. The molecule has 7 aromatic rings. The Bertz CT molecular complexity index is 1370. The van der Waals surface area contributed by atoms with Crippen LogP contribution in [0.5, 0.6) is 0 Å². The maximum atomic E-state index is 2.31. The van der Waals surface area contributed by atoms with Crippen molar-refractivity contribution >= 4 is 93.9 Å². The Kier molecular flexibility index (Phi) is 1.81. The molecule has 0 nitrogen and oxygen atoms in total. The molecule has 2 heterocycles. The molecule has 0 saturated carbocycles. The fourth-order valence-electron chi connectivity index (χ4n) is 4.27. The monoisotopic (exact) mass is 344 g/mol. The van der Waals surface area contributed by atoms with E-state index in [9.17, 15) is 0 Å². The molecule has 0 radical (unpaired) electrons. The molecule has 5 aromatic carbocycles. The Labute approximate surface area is 142 Å². The Morgan fingerprint density at radius 2 is 0.783 bits per heavy atom. The zero-order valence-electron chi connectivity index (χ0n) is 11.8. The van der Waals surface area contributed by atoms with E-state index in [1.54, 1.807) is 0 Å². The number of hydrogen-bond acceptors (Lipinski definition) is 3. The lowest BCUT2D eigenvalue weighted by Crippen LogP contribution is -1.87. The van der Waals surface area contributed by atoms with Gasteiger partial charge in [0.05, 0.1) is 0 Å². The number of rotatable bonds is 0. The third-order valence-corrected chi connectivity index (χ3v) is 8.73. The van der Waals surface area contributed by atoms with Crippen LogP contribution in [0.1, 0.15) is 0 Å². The molecule has 3 heteroatoms. The molecule has 2 aromatic heterocycles. The summed E-state index contributed by atoms with van der Waals surface area (Å²) in [4.78, 5) is 0. The van der Waals surface area contributed by atoms with Gasteiger partial charge in [-0.05, 0) is 35.0 Å². The van der Waals surface area contributed by atoms with Gasteiger partial charge in [-0.2, -0.15) is 0 Å². The van der Waals surface area contributed by atoms with Crippen LogP contribution in [0.25, 0.3) is 61.9 Å². The van der Waals surface area contributed by atoms with E-state index in [-0.39, 0.29) is 0 Å². The van der Waals surface area contributed by atoms with E-state index in [0.29, 0.717) is 0 Å². The van der Waals surface area contributed by atoms with Crippen LogP contribution in [0, 0.1) is 0 Å². The van der Waals surface area contributed by atoms with E-state index in [4.69, 9.17) is 0 Å². The lowest BCUT2D eigenvalue weighted by Gasteiger charge is -2.15. The first kappa shape index (κ1) is 11.6. The largest absolute Gasteiger partial charge is 0.135 e. The third-order valence-electron chi connectivity index (χ3n) is 5.16. The highest BCUT2D eigenvalue weighted by Gasteiger charge is 2.21. The zero-order chi connectivity index (χ0) is 14.7. The van der Waals surface area contributed by atoms with Crippen molar-refractivity contribution in [3.05, 3.63) is 48.5 Å². The second-order valence-corrected chi connectivity index (χ2v) is 9.52. The summed E-state index contributed by atoms with van der Waals surface area (Å²) in [6.07, 6.45) is 0. The summed E-state index contributed by atoms with van der Waals surface area (Å²) in [7, 11) is 3.82. The first-order chi connectivity index (χ1) is 11.4. The molecule has 0 amide bonds. The molecule has 0 aliphatic heterocycles. The Balaban J connectivity index is 2.13. The Morgan fingerprint density at radius 1 is 0.391 bits per heavy atom. The van der Waals surface area contributed by atoms with E-state index in [2.05, 4.69) is 48.5 Å². The van der Waals surface area contributed by atoms with Gasteiger partial charge in [-0.25, -0.2) is 0 Å². The highest BCUT2D eigenvalue weighted by Crippen LogP contribution is 2.52. The van der Waals surface area contributed by atoms with Crippen LogP contribution in [0.2, 0.25) is 0 Å². The standard InChI is InChI=1S/C20H8S3/c1-5-11-17-15-9(1)3-7-13-19(15)20-14(23-22-13)8-4-10-2-6-12(21-11)18(17)16(10)20/h1-8H. The van der Waals surface area contributed by atoms with Crippen molar-refractivity contribution in [2.45, 2.75) is 0 Å². The minimum Gasteiger partial charge on any atom is -0.135 e. The Hall–Kier alpha value is -1.94. The molecule has 0 aliphatic rings. The van der Waals surface area contributed by atoms with Gasteiger partial charge < -0.3 is 0 Å². The van der Waals surface area contributed by atoms with Gasteiger partial charge in [0.15, 0.2) is 0 Å². The van der Waals surface area contributed by atoms with Crippen molar-refractivity contribution in [2.75, 3.05) is 0 Å². The summed E-state index contributed by atoms with van der Waals surface area (Å²) in [5.41, 5.74) is 0. The second-order valence-electron chi connectivity index (χ2n) is 6.22. The van der Waals surface area contributed by atoms with Crippen LogP contribution in [0.15, 0.2) is 48.5 Å². The van der Waals surface area contributed by atoms with Gasteiger partial charge in [0.1, 0.15) is 0 Å². The van der Waals surface area contributed by atoms with Crippen LogP contribution in [0.3, 0.4) is 0 Å². The molecule has 0 saturated heterocycles. The molecule has 0 unspecified atom stereocenters. The quantitative estimate of drug-likeness (QED) is 0.150. The molecule has 7 rings (SSSR count). The van der Waals surface area contributed by atoms with Gasteiger partial charge >= 0.3 is 0 Å². The first-order valence-electron chi connectivity index (χ1n) is 7.63. The van der Waals surface area contributed by atoms with E-state index in [0.717, 1.165) is 0 Å². The van der Waals surface area contributed by atoms with Crippen molar-refractivity contribution in [3.63, 3.8) is 0 Å². The summed E-state index contributed by atoms with van der Waals surface area (Å²) < 4.78 is 5.69. The van der Waals surface area contributed by atoms with Gasteiger partial charge in [0.2, 0.25) is 0 Å². The predicted octanol–water partition coefficient (Wildman–Crippen LogP) is 7.67. The van der Waals surface area contributed by atoms with Crippen molar-refractivity contribution in [1.82, 2.24) is 0 Å². The predicted molar refractivity (Wildman–Crippen MR) is 107 cm³/mol. The SMILES string of the molecule is c1cc2ssc3ccc4ccc5sc6ccc1c1c2c3c4c5c61. The molecular weight excluding hydrogens is 336 g/mol. The van der Waals surface area contributed by atoms with Crippen LogP contribution < -0.4 is 0 Å². The molecule has 106 valence electrons. The molecule has 0 fully saturated rings. The average molecular weight is 344 g/mol. The van der Waals surface area contributed by atoms with Gasteiger partial charge in [-0.3, -0.25) is 0 Å². The van der Waals surface area contributed by atoms with Crippen LogP contribution in [-0.4, -0.2) is 0 Å². The van der Waals surface area contributed by atoms with E-state index in [1.807, 2.05) is 32.0 Å². The summed E-state index contributed by atoms with van der Waals surface area (Å²) in [6.45, 7) is 0. The fraction of sp³-hybridized carbons (Fsp3) is 0. The maximum Gasteiger partial charge on any atom is 0.0462 e. The highest BCUT2D eigenvalue weighted by molar-refractivity contribution is 7.74. The van der Waals surface area contributed by atoms with Crippen molar-refractivity contribution in [3.8, 4) is 0 Å². The summed E-state index contributed by atoms with van der Waals surface area (Å²) in [6, 6.07) is 18.4. The van der Waals surface area contributed by atoms with Gasteiger partial charge in [-0.15, -0.1) is 11.3 Å². The molecule has 0 atom stereocenters. The van der Waals surface area contributed by atoms with E-state index >= 15 is 0 Å². The van der Waals surface area contributed by atoms with Crippen LogP contribution in [-0.2, 0) is 0 Å². The Morgan fingerprint density at radius 3 is 1.26 bits per heavy atom. The van der Waals surface area contributed by atoms with Crippen LogP contribution in [0.4, 0.5) is 0 Å². The normalized spacial score (nSPS) is 13.2. The molecule has 0 N–H and O–H groups in total. The van der Waals surface area contributed by atoms with Crippen LogP contribution >= 0.6 is 32.0 Å². The third kappa shape index (κ3) is 1.16. The minimum atomic E-state index is 1.38. The topological polar surface area (TPSA) is 0 Å². The molecule has 0 bridgehead atoms. The molecule has 23 heavy (non-hydrogen) atoms. The highest BCUT2D eigenvalue weighted by atomic mass is 32.9. The summed E-state index contributed by atoms with van der Waals surface area (Å²) >= 11 is 1.94. The second kappa shape index (κ2) is 3.59. The summed E-state index contributed by atoms with van der Waals surface area (Å²) in [5.74, 6) is 0. The minimum absolute atomic E-state index is 1.38. The average Bonchev–Trinajstić information content (AvgIpc) is 2.99. The lowest BCUT2D eigenvalue weighted by atomic mass is 9.90. The van der Waals surface area contributed by atoms with Gasteiger partial charge in [0.25, 0.3) is 0 Å². The van der Waals surface area contributed by atoms with Crippen molar-refractivity contribution in [1.29, 1.82) is 0 Å². The van der Waals surface area contributed by atoms with Gasteiger partial charge in [0, 0.05) is 51.1 Å². The first-order valence-corrected chi connectivity index (χ1v) is 10.6. The van der Waals surface area contributed by atoms with E-state index in [1.165, 1.54) is 61.9 Å². The van der Waals surface area contributed by atoms with E-state index < -0.39 is 0 Å². The number of benzene rings is 5. The zero-order valence-corrected chi connectivity index (χ0v) is 14.3. The van der Waals surface area contributed by atoms with Crippen molar-refractivity contribution < 1.29 is 0 Å².